The van der Waals surface area contributed by atoms with Gasteiger partial charge in [0.05, 0.1) is 12.2 Å². The summed E-state index contributed by atoms with van der Waals surface area (Å²) in [7, 11) is 0. The zero-order chi connectivity index (χ0) is 4.91. The largest absolute Gasteiger partial charge is 0.373 e. The van der Waals surface area contributed by atoms with Crippen LogP contribution < -0.4 is 5.73 Å². The predicted octanol–water partition coefficient (Wildman–Crippen LogP) is -0.124. The summed E-state index contributed by atoms with van der Waals surface area (Å²) in [6.45, 7) is 0.938. The summed E-state index contributed by atoms with van der Waals surface area (Å²) in [5.74, 6) is 0. The van der Waals surface area contributed by atoms with Gasteiger partial charge in [0.15, 0.2) is 0 Å². The van der Waals surface area contributed by atoms with E-state index in [-0.39, 0.29) is 5.60 Å². The first-order chi connectivity index (χ1) is 3.33. The second-order valence-corrected chi connectivity index (χ2v) is 2.47. The lowest BCUT2D eigenvalue weighted by atomic mass is 10.1. The van der Waals surface area contributed by atoms with Crippen LogP contribution in [0, 0.1) is 0 Å². The van der Waals surface area contributed by atoms with Crippen molar-refractivity contribution in [2.45, 2.75) is 24.5 Å². The van der Waals surface area contributed by atoms with Crippen molar-refractivity contribution in [1.29, 1.82) is 0 Å². The molecule has 40 valence electrons. The van der Waals surface area contributed by atoms with Crippen LogP contribution in [0.2, 0.25) is 0 Å². The standard InChI is InChI=1S/C5H9NO/c6-4-3-5(4)1-2-7-5/h4H,1-3,6H2/t4-,5?/m1/s1. The molecule has 1 saturated carbocycles. The monoisotopic (exact) mass is 99.1 g/mol. The highest BCUT2D eigenvalue weighted by Gasteiger charge is 2.57. The minimum Gasteiger partial charge on any atom is -0.373 e. The van der Waals surface area contributed by atoms with E-state index in [1.165, 1.54) is 6.42 Å². The highest BCUT2D eigenvalue weighted by Crippen LogP contribution is 2.47. The Morgan fingerprint density at radius 3 is 2.29 bits per heavy atom. The van der Waals surface area contributed by atoms with Crippen LogP contribution in [0.3, 0.4) is 0 Å². The fourth-order valence-corrected chi connectivity index (χ4v) is 1.13. The molecule has 1 aliphatic heterocycles. The number of hydrogen-bond donors (Lipinski definition) is 1. The van der Waals surface area contributed by atoms with Gasteiger partial charge in [0, 0.05) is 12.5 Å². The summed E-state index contributed by atoms with van der Waals surface area (Å²) in [6.07, 6.45) is 2.31. The van der Waals surface area contributed by atoms with Crippen molar-refractivity contribution < 1.29 is 4.74 Å². The smallest absolute Gasteiger partial charge is 0.0871 e. The highest BCUT2D eigenvalue weighted by atomic mass is 16.5. The molecule has 1 spiro atoms. The van der Waals surface area contributed by atoms with Crippen molar-refractivity contribution in [1.82, 2.24) is 0 Å². The van der Waals surface area contributed by atoms with Crippen molar-refractivity contribution >= 4 is 0 Å². The van der Waals surface area contributed by atoms with Gasteiger partial charge >= 0.3 is 0 Å². The molecule has 2 atom stereocenters. The van der Waals surface area contributed by atoms with E-state index in [0.717, 1.165) is 13.0 Å². The normalized spacial score (nSPS) is 57.0. The Labute approximate surface area is 42.6 Å². The maximum Gasteiger partial charge on any atom is 0.0871 e. The van der Waals surface area contributed by atoms with E-state index < -0.39 is 0 Å². The molecule has 0 radical (unpaired) electrons. The van der Waals surface area contributed by atoms with Crippen molar-refractivity contribution in [3.8, 4) is 0 Å². The second-order valence-electron chi connectivity index (χ2n) is 2.47. The SMILES string of the molecule is N[C@@H]1CC12CCO2. The van der Waals surface area contributed by atoms with Gasteiger partial charge in [0.2, 0.25) is 0 Å². The average molecular weight is 99.1 g/mol. The van der Waals surface area contributed by atoms with Gasteiger partial charge in [0.1, 0.15) is 0 Å². The van der Waals surface area contributed by atoms with Crippen molar-refractivity contribution in [2.24, 2.45) is 5.73 Å². The van der Waals surface area contributed by atoms with E-state index in [2.05, 4.69) is 0 Å². The minimum absolute atomic E-state index is 0.208. The Morgan fingerprint density at radius 1 is 1.71 bits per heavy atom. The first kappa shape index (κ1) is 3.87. The fourth-order valence-electron chi connectivity index (χ4n) is 1.13. The summed E-state index contributed by atoms with van der Waals surface area (Å²) in [5, 5.41) is 0. The summed E-state index contributed by atoms with van der Waals surface area (Å²) in [4.78, 5) is 0. The zero-order valence-electron chi connectivity index (χ0n) is 4.18. The topological polar surface area (TPSA) is 35.2 Å². The van der Waals surface area contributed by atoms with Gasteiger partial charge in [-0.05, 0) is 6.42 Å². The van der Waals surface area contributed by atoms with Crippen LogP contribution in [0.15, 0.2) is 0 Å². The van der Waals surface area contributed by atoms with Crippen LogP contribution in [0.4, 0.5) is 0 Å². The predicted molar refractivity (Wildman–Crippen MR) is 25.9 cm³/mol. The molecule has 0 amide bonds. The molecular formula is C5H9NO. The molecule has 1 unspecified atom stereocenters. The van der Waals surface area contributed by atoms with Crippen LogP contribution >= 0.6 is 0 Å². The first-order valence-corrected chi connectivity index (χ1v) is 2.73. The van der Waals surface area contributed by atoms with E-state index in [1.54, 1.807) is 0 Å². The van der Waals surface area contributed by atoms with Gasteiger partial charge in [-0.2, -0.15) is 0 Å². The maximum atomic E-state index is 5.54. The Hall–Kier alpha value is -0.0800. The average Bonchev–Trinajstić information content (AvgIpc) is 2.10. The van der Waals surface area contributed by atoms with Crippen LogP contribution in [-0.4, -0.2) is 18.2 Å². The lowest BCUT2D eigenvalue weighted by Gasteiger charge is -2.26. The quantitative estimate of drug-likeness (QED) is 0.459. The van der Waals surface area contributed by atoms with E-state index >= 15 is 0 Å². The van der Waals surface area contributed by atoms with Crippen molar-refractivity contribution in [3.05, 3.63) is 0 Å². The number of ether oxygens (including phenoxy) is 1. The van der Waals surface area contributed by atoms with E-state index in [9.17, 15) is 0 Å². The second kappa shape index (κ2) is 0.858. The molecule has 0 aromatic rings. The van der Waals surface area contributed by atoms with Gasteiger partial charge in [-0.1, -0.05) is 0 Å². The Balaban J connectivity index is 2.05. The third-order valence-corrected chi connectivity index (χ3v) is 2.00. The van der Waals surface area contributed by atoms with E-state index in [0.29, 0.717) is 6.04 Å². The zero-order valence-corrected chi connectivity index (χ0v) is 4.18. The molecule has 2 fully saturated rings. The molecule has 0 aromatic carbocycles. The first-order valence-electron chi connectivity index (χ1n) is 2.73. The van der Waals surface area contributed by atoms with Gasteiger partial charge < -0.3 is 10.5 Å². The lowest BCUT2D eigenvalue weighted by Crippen LogP contribution is -2.35. The Morgan fingerprint density at radius 2 is 2.29 bits per heavy atom. The van der Waals surface area contributed by atoms with Gasteiger partial charge in [0.25, 0.3) is 0 Å². The molecule has 2 nitrogen and oxygen atoms in total. The molecule has 1 saturated heterocycles. The summed E-state index contributed by atoms with van der Waals surface area (Å²) in [6, 6.07) is 0.376. The lowest BCUT2D eigenvalue weighted by molar-refractivity contribution is -0.0761. The molecule has 2 heteroatoms. The summed E-state index contributed by atoms with van der Waals surface area (Å²) in [5.41, 5.74) is 5.75. The number of nitrogens with two attached hydrogens (primary N) is 1. The summed E-state index contributed by atoms with van der Waals surface area (Å²) < 4.78 is 5.22. The van der Waals surface area contributed by atoms with Gasteiger partial charge in [-0.15, -0.1) is 0 Å². The Bertz CT molecular complexity index is 92.7. The third-order valence-electron chi connectivity index (χ3n) is 2.00. The van der Waals surface area contributed by atoms with Crippen LogP contribution in [-0.2, 0) is 4.74 Å². The van der Waals surface area contributed by atoms with Crippen molar-refractivity contribution in [2.75, 3.05) is 6.61 Å². The number of hydrogen-bond acceptors (Lipinski definition) is 2. The van der Waals surface area contributed by atoms with Crippen molar-refractivity contribution in [3.63, 3.8) is 0 Å². The van der Waals surface area contributed by atoms with Crippen LogP contribution in [0.5, 0.6) is 0 Å². The highest BCUT2D eigenvalue weighted by molar-refractivity contribution is 5.12. The molecule has 0 bridgehead atoms. The Kier molecular flexibility index (Phi) is 0.474. The molecular weight excluding hydrogens is 90.1 g/mol. The minimum atomic E-state index is 0.208. The van der Waals surface area contributed by atoms with Gasteiger partial charge in [-0.3, -0.25) is 0 Å². The molecule has 1 heterocycles. The fraction of sp³-hybridized carbons (Fsp3) is 1.00. The molecule has 7 heavy (non-hydrogen) atoms. The molecule has 2 N–H and O–H groups in total. The van der Waals surface area contributed by atoms with Crippen LogP contribution in [0.1, 0.15) is 12.8 Å². The third kappa shape index (κ3) is 0.318. The molecule has 1 aliphatic carbocycles. The molecule has 2 rings (SSSR count). The molecule has 0 aromatic heterocycles. The summed E-state index contributed by atoms with van der Waals surface area (Å²) >= 11 is 0. The molecule has 2 aliphatic rings. The maximum absolute atomic E-state index is 5.54. The van der Waals surface area contributed by atoms with Gasteiger partial charge in [-0.25, -0.2) is 0 Å². The van der Waals surface area contributed by atoms with E-state index in [4.69, 9.17) is 10.5 Å². The van der Waals surface area contributed by atoms with Crippen LogP contribution in [0.25, 0.3) is 0 Å². The van der Waals surface area contributed by atoms with E-state index in [1.807, 2.05) is 0 Å². The number of rotatable bonds is 0.